The lowest BCUT2D eigenvalue weighted by Gasteiger charge is -2.23. The first-order valence-electron chi connectivity index (χ1n) is 6.26. The van der Waals surface area contributed by atoms with Crippen LogP contribution in [0, 0.1) is 6.92 Å². The zero-order valence-electron chi connectivity index (χ0n) is 10.5. The second kappa shape index (κ2) is 4.37. The van der Waals surface area contributed by atoms with E-state index in [1.165, 1.54) is 12.8 Å². The van der Waals surface area contributed by atoms with Crippen LogP contribution in [0.3, 0.4) is 0 Å². The van der Waals surface area contributed by atoms with Crippen molar-refractivity contribution in [3.63, 3.8) is 0 Å². The van der Waals surface area contributed by atoms with E-state index in [4.69, 9.17) is 10.2 Å². The Morgan fingerprint density at radius 3 is 2.83 bits per heavy atom. The van der Waals surface area contributed by atoms with Gasteiger partial charge in [-0.3, -0.25) is 0 Å². The van der Waals surface area contributed by atoms with Crippen molar-refractivity contribution >= 4 is 11.5 Å². The molecule has 0 saturated heterocycles. The van der Waals surface area contributed by atoms with E-state index in [0.29, 0.717) is 6.04 Å². The van der Waals surface area contributed by atoms with Crippen LogP contribution in [0.1, 0.15) is 24.3 Å². The van der Waals surface area contributed by atoms with Gasteiger partial charge in [0.05, 0.1) is 24.2 Å². The Bertz CT molecular complexity index is 532. The van der Waals surface area contributed by atoms with Crippen LogP contribution < -0.4 is 10.6 Å². The number of aryl methyl sites for hydroxylation is 1. The summed E-state index contributed by atoms with van der Waals surface area (Å²) in [5.74, 6) is 1.96. The van der Waals surface area contributed by atoms with Crippen molar-refractivity contribution in [2.75, 3.05) is 10.6 Å². The van der Waals surface area contributed by atoms with E-state index in [0.717, 1.165) is 29.5 Å². The lowest BCUT2D eigenvalue weighted by Crippen LogP contribution is -2.26. The molecule has 4 nitrogen and oxygen atoms in total. The van der Waals surface area contributed by atoms with Crippen molar-refractivity contribution in [1.82, 2.24) is 4.98 Å². The maximum absolute atomic E-state index is 5.82. The maximum atomic E-state index is 5.82. The minimum atomic E-state index is 0.589. The molecule has 2 aromatic rings. The summed E-state index contributed by atoms with van der Waals surface area (Å²) < 4.78 is 5.42. The van der Waals surface area contributed by atoms with E-state index < -0.39 is 0 Å². The fourth-order valence-electron chi connectivity index (χ4n) is 2.07. The third kappa shape index (κ3) is 2.18. The van der Waals surface area contributed by atoms with Crippen LogP contribution in [0.5, 0.6) is 0 Å². The molecule has 0 bridgehead atoms. The topological polar surface area (TPSA) is 55.3 Å². The molecule has 94 valence electrons. The summed E-state index contributed by atoms with van der Waals surface area (Å²) in [6, 6.07) is 8.42. The molecule has 2 aromatic heterocycles. The zero-order valence-corrected chi connectivity index (χ0v) is 10.5. The van der Waals surface area contributed by atoms with Gasteiger partial charge in [-0.15, -0.1) is 0 Å². The maximum Gasteiger partial charge on any atom is 0.129 e. The minimum Gasteiger partial charge on any atom is -0.467 e. The van der Waals surface area contributed by atoms with Gasteiger partial charge in [0.1, 0.15) is 11.6 Å². The first-order chi connectivity index (χ1) is 8.74. The van der Waals surface area contributed by atoms with Gasteiger partial charge in [-0.25, -0.2) is 4.98 Å². The van der Waals surface area contributed by atoms with Crippen LogP contribution >= 0.6 is 0 Å². The summed E-state index contributed by atoms with van der Waals surface area (Å²) in [6.45, 7) is 2.71. The summed E-state index contributed by atoms with van der Waals surface area (Å²) in [7, 11) is 0. The average Bonchev–Trinajstić information content (AvgIpc) is 3.07. The average molecular weight is 243 g/mol. The van der Waals surface area contributed by atoms with Gasteiger partial charge in [0, 0.05) is 6.04 Å². The molecule has 0 aromatic carbocycles. The third-order valence-corrected chi connectivity index (χ3v) is 3.30. The summed E-state index contributed by atoms with van der Waals surface area (Å²) in [6.07, 6.45) is 4.17. The first-order valence-corrected chi connectivity index (χ1v) is 6.26. The van der Waals surface area contributed by atoms with Crippen LogP contribution in [-0.2, 0) is 6.54 Å². The molecule has 0 spiro atoms. The molecule has 2 heterocycles. The normalized spacial score (nSPS) is 14.7. The molecular weight excluding hydrogens is 226 g/mol. The number of hydrogen-bond acceptors (Lipinski definition) is 4. The van der Waals surface area contributed by atoms with E-state index >= 15 is 0 Å². The molecule has 2 N–H and O–H groups in total. The molecule has 1 fully saturated rings. The molecule has 1 aliphatic rings. The fourth-order valence-corrected chi connectivity index (χ4v) is 2.07. The standard InChI is InChI=1S/C14H17N3O/c1-10-13(15)6-7-14(16-10)17(11-4-5-11)9-12-3-2-8-18-12/h2-3,6-8,11H,4-5,9,15H2,1H3. The molecule has 1 aliphatic carbocycles. The molecule has 18 heavy (non-hydrogen) atoms. The van der Waals surface area contributed by atoms with Gasteiger partial charge in [0.25, 0.3) is 0 Å². The fraction of sp³-hybridized carbons (Fsp3) is 0.357. The van der Waals surface area contributed by atoms with Crippen LogP contribution in [0.2, 0.25) is 0 Å². The van der Waals surface area contributed by atoms with Gasteiger partial charge in [-0.05, 0) is 44.0 Å². The van der Waals surface area contributed by atoms with Gasteiger partial charge >= 0.3 is 0 Å². The van der Waals surface area contributed by atoms with E-state index in [1.54, 1.807) is 6.26 Å². The number of anilines is 2. The zero-order chi connectivity index (χ0) is 12.5. The van der Waals surface area contributed by atoms with Gasteiger partial charge in [-0.2, -0.15) is 0 Å². The van der Waals surface area contributed by atoms with Crippen molar-refractivity contribution in [2.45, 2.75) is 32.4 Å². The largest absolute Gasteiger partial charge is 0.467 e. The number of hydrogen-bond donors (Lipinski definition) is 1. The summed E-state index contributed by atoms with van der Waals surface area (Å²) in [5.41, 5.74) is 7.45. The Morgan fingerprint density at radius 1 is 1.39 bits per heavy atom. The SMILES string of the molecule is Cc1nc(N(Cc2ccco2)C2CC2)ccc1N. The number of furan rings is 1. The second-order valence-electron chi connectivity index (χ2n) is 4.78. The highest BCUT2D eigenvalue weighted by molar-refractivity contribution is 5.51. The van der Waals surface area contributed by atoms with Crippen LogP contribution in [0.15, 0.2) is 34.9 Å². The predicted octanol–water partition coefficient (Wildman–Crippen LogP) is 2.73. The Labute approximate surface area is 106 Å². The van der Waals surface area contributed by atoms with Gasteiger partial charge in [0.2, 0.25) is 0 Å². The van der Waals surface area contributed by atoms with Crippen LogP contribution in [0.25, 0.3) is 0 Å². The minimum absolute atomic E-state index is 0.589. The van der Waals surface area contributed by atoms with E-state index in [9.17, 15) is 0 Å². The van der Waals surface area contributed by atoms with E-state index in [-0.39, 0.29) is 0 Å². The summed E-state index contributed by atoms with van der Waals surface area (Å²) in [5, 5.41) is 0. The Kier molecular flexibility index (Phi) is 2.70. The highest BCUT2D eigenvalue weighted by Crippen LogP contribution is 2.32. The summed E-state index contributed by atoms with van der Waals surface area (Å²) >= 11 is 0. The first kappa shape index (κ1) is 11.1. The van der Waals surface area contributed by atoms with Crippen LogP contribution in [-0.4, -0.2) is 11.0 Å². The Morgan fingerprint density at radius 2 is 2.22 bits per heavy atom. The van der Waals surface area contributed by atoms with Crippen LogP contribution in [0.4, 0.5) is 11.5 Å². The van der Waals surface area contributed by atoms with Gasteiger partial charge in [-0.1, -0.05) is 0 Å². The van der Waals surface area contributed by atoms with Gasteiger partial charge in [0.15, 0.2) is 0 Å². The third-order valence-electron chi connectivity index (χ3n) is 3.30. The second-order valence-corrected chi connectivity index (χ2v) is 4.78. The number of nitrogen functional groups attached to an aromatic ring is 1. The number of nitrogens with two attached hydrogens (primary N) is 1. The van der Waals surface area contributed by atoms with Crippen molar-refractivity contribution < 1.29 is 4.42 Å². The predicted molar refractivity (Wildman–Crippen MR) is 71.3 cm³/mol. The van der Waals surface area contributed by atoms with Gasteiger partial charge < -0.3 is 15.1 Å². The molecule has 1 saturated carbocycles. The van der Waals surface area contributed by atoms with Crippen molar-refractivity contribution in [3.05, 3.63) is 42.0 Å². The molecule has 0 amide bonds. The lowest BCUT2D eigenvalue weighted by molar-refractivity contribution is 0.500. The van der Waals surface area contributed by atoms with Crippen molar-refractivity contribution in [2.24, 2.45) is 0 Å². The number of rotatable bonds is 4. The molecule has 0 atom stereocenters. The highest BCUT2D eigenvalue weighted by atomic mass is 16.3. The number of nitrogens with zero attached hydrogens (tertiary/aromatic N) is 2. The molecule has 0 aliphatic heterocycles. The molecular formula is C14H17N3O. The Balaban J connectivity index is 1.86. The highest BCUT2D eigenvalue weighted by Gasteiger charge is 2.30. The van der Waals surface area contributed by atoms with E-state index in [2.05, 4.69) is 9.88 Å². The molecule has 0 unspecified atom stereocenters. The molecule has 4 heteroatoms. The van der Waals surface area contributed by atoms with Crippen molar-refractivity contribution in [3.8, 4) is 0 Å². The van der Waals surface area contributed by atoms with Crippen molar-refractivity contribution in [1.29, 1.82) is 0 Å². The van der Waals surface area contributed by atoms with E-state index in [1.807, 2.05) is 31.2 Å². The summed E-state index contributed by atoms with van der Waals surface area (Å²) in [4.78, 5) is 6.87. The molecule has 0 radical (unpaired) electrons. The molecule has 3 rings (SSSR count). The number of pyridine rings is 1. The number of aromatic nitrogens is 1. The quantitative estimate of drug-likeness (QED) is 0.897. The Hall–Kier alpha value is -1.97. The monoisotopic (exact) mass is 243 g/mol. The smallest absolute Gasteiger partial charge is 0.129 e. The lowest BCUT2D eigenvalue weighted by atomic mass is 10.3.